The quantitative estimate of drug-likeness (QED) is 0.464. The lowest BCUT2D eigenvalue weighted by Gasteiger charge is -1.97. The molecule has 1 saturated carbocycles. The van der Waals surface area contributed by atoms with Crippen LogP contribution in [0.4, 0.5) is 0 Å². The highest BCUT2D eigenvalue weighted by atomic mass is 14.5. The van der Waals surface area contributed by atoms with E-state index < -0.39 is 0 Å². The second-order valence-corrected chi connectivity index (χ2v) is 3.74. The third-order valence-corrected chi connectivity index (χ3v) is 2.69. The molecular formula is C12H17N. The number of rotatable bonds is 5. The summed E-state index contributed by atoms with van der Waals surface area (Å²) in [4.78, 5) is 0. The van der Waals surface area contributed by atoms with Gasteiger partial charge in [-0.2, -0.15) is 5.26 Å². The molecule has 13 heavy (non-hydrogen) atoms. The summed E-state index contributed by atoms with van der Waals surface area (Å²) < 4.78 is 0. The number of hydrogen-bond donors (Lipinski definition) is 0. The SMILES string of the molecule is C=C[C@@H]1C[C@@]1(C#N)/C=C/CCCC. The van der Waals surface area contributed by atoms with E-state index >= 15 is 0 Å². The van der Waals surface area contributed by atoms with E-state index in [1.54, 1.807) is 0 Å². The molecule has 0 saturated heterocycles. The summed E-state index contributed by atoms with van der Waals surface area (Å²) in [6.45, 7) is 5.90. The summed E-state index contributed by atoms with van der Waals surface area (Å²) in [5.74, 6) is 0.398. The second-order valence-electron chi connectivity index (χ2n) is 3.74. The molecule has 0 unspecified atom stereocenters. The third kappa shape index (κ3) is 2.21. The van der Waals surface area contributed by atoms with Gasteiger partial charge >= 0.3 is 0 Å². The molecule has 1 aliphatic carbocycles. The van der Waals surface area contributed by atoms with Gasteiger partial charge < -0.3 is 0 Å². The zero-order valence-corrected chi connectivity index (χ0v) is 8.29. The van der Waals surface area contributed by atoms with Crippen LogP contribution in [-0.2, 0) is 0 Å². The van der Waals surface area contributed by atoms with Crippen molar-refractivity contribution in [3.63, 3.8) is 0 Å². The molecule has 0 aromatic heterocycles. The predicted octanol–water partition coefficient (Wildman–Crippen LogP) is 3.45. The van der Waals surface area contributed by atoms with Crippen molar-refractivity contribution in [2.45, 2.75) is 32.6 Å². The van der Waals surface area contributed by atoms with Crippen LogP contribution in [0, 0.1) is 22.7 Å². The van der Waals surface area contributed by atoms with Gasteiger partial charge in [0, 0.05) is 5.92 Å². The van der Waals surface area contributed by atoms with E-state index in [4.69, 9.17) is 5.26 Å². The lowest BCUT2D eigenvalue weighted by Crippen LogP contribution is -1.93. The van der Waals surface area contributed by atoms with E-state index in [0.717, 1.165) is 12.8 Å². The summed E-state index contributed by atoms with van der Waals surface area (Å²) >= 11 is 0. The average Bonchev–Trinajstić information content (AvgIpc) is 2.87. The third-order valence-electron chi connectivity index (χ3n) is 2.69. The van der Waals surface area contributed by atoms with Gasteiger partial charge in [-0.25, -0.2) is 0 Å². The molecule has 0 aromatic rings. The Hall–Kier alpha value is -1.03. The summed E-state index contributed by atoms with van der Waals surface area (Å²) in [5, 5.41) is 8.97. The number of unbranched alkanes of at least 4 members (excludes halogenated alkanes) is 2. The second kappa shape index (κ2) is 4.28. The van der Waals surface area contributed by atoms with Gasteiger partial charge in [0.05, 0.1) is 11.5 Å². The first-order valence-electron chi connectivity index (χ1n) is 5.00. The van der Waals surface area contributed by atoms with Gasteiger partial charge in [0.15, 0.2) is 0 Å². The maximum Gasteiger partial charge on any atom is 0.0822 e. The predicted molar refractivity (Wildman–Crippen MR) is 55.0 cm³/mol. The van der Waals surface area contributed by atoms with Gasteiger partial charge in [-0.1, -0.05) is 38.0 Å². The molecule has 1 fully saturated rings. The van der Waals surface area contributed by atoms with Crippen molar-refractivity contribution in [3.05, 3.63) is 24.8 Å². The molecule has 0 amide bonds. The minimum absolute atomic E-state index is 0.185. The van der Waals surface area contributed by atoms with Crippen LogP contribution in [0.5, 0.6) is 0 Å². The van der Waals surface area contributed by atoms with E-state index in [9.17, 15) is 0 Å². The van der Waals surface area contributed by atoms with Crippen LogP contribution < -0.4 is 0 Å². The zero-order chi connectivity index (χ0) is 9.73. The van der Waals surface area contributed by atoms with E-state index in [0.29, 0.717) is 5.92 Å². The Morgan fingerprint density at radius 3 is 2.92 bits per heavy atom. The van der Waals surface area contributed by atoms with Crippen LogP contribution in [0.2, 0.25) is 0 Å². The number of nitriles is 1. The summed E-state index contributed by atoms with van der Waals surface area (Å²) in [5.41, 5.74) is -0.185. The lowest BCUT2D eigenvalue weighted by atomic mass is 10.0. The molecule has 0 radical (unpaired) electrons. The molecule has 0 bridgehead atoms. The highest BCUT2D eigenvalue weighted by Crippen LogP contribution is 2.53. The van der Waals surface area contributed by atoms with Crippen LogP contribution in [0.25, 0.3) is 0 Å². The van der Waals surface area contributed by atoms with Crippen LogP contribution in [0.3, 0.4) is 0 Å². The molecule has 1 nitrogen and oxygen atoms in total. The fourth-order valence-electron chi connectivity index (χ4n) is 1.57. The van der Waals surface area contributed by atoms with Crippen LogP contribution >= 0.6 is 0 Å². The van der Waals surface area contributed by atoms with Crippen LogP contribution in [0.1, 0.15) is 32.6 Å². The fourth-order valence-corrected chi connectivity index (χ4v) is 1.57. The molecule has 0 N–H and O–H groups in total. The Kier molecular flexibility index (Phi) is 3.31. The molecule has 70 valence electrons. The monoisotopic (exact) mass is 175 g/mol. The minimum Gasteiger partial charge on any atom is -0.197 e. The topological polar surface area (TPSA) is 23.8 Å². The van der Waals surface area contributed by atoms with Crippen molar-refractivity contribution >= 4 is 0 Å². The lowest BCUT2D eigenvalue weighted by molar-refractivity contribution is 0.778. The van der Waals surface area contributed by atoms with E-state index in [-0.39, 0.29) is 5.41 Å². The largest absolute Gasteiger partial charge is 0.197 e. The van der Waals surface area contributed by atoms with Gasteiger partial charge in [0.1, 0.15) is 0 Å². The molecule has 0 aliphatic heterocycles. The van der Waals surface area contributed by atoms with E-state index in [1.807, 2.05) is 6.08 Å². The molecule has 0 heterocycles. The average molecular weight is 175 g/mol. The molecule has 0 spiro atoms. The fraction of sp³-hybridized carbons (Fsp3) is 0.583. The van der Waals surface area contributed by atoms with E-state index in [1.165, 1.54) is 12.8 Å². The smallest absolute Gasteiger partial charge is 0.0822 e. The Balaban J connectivity index is 2.39. The Bertz CT molecular complexity index is 246. The number of nitrogens with zero attached hydrogens (tertiary/aromatic N) is 1. The molecule has 1 aliphatic rings. The maximum absolute atomic E-state index is 8.97. The standard InChI is InChI=1S/C12H17N/c1-3-5-6-7-8-12(10-13)9-11(12)4-2/h4,7-8,11H,2-3,5-6,9H2,1H3/b8-7+/t11-,12-/m1/s1. The van der Waals surface area contributed by atoms with Gasteiger partial charge in [-0.15, -0.1) is 6.58 Å². The molecule has 1 heteroatoms. The van der Waals surface area contributed by atoms with Crippen molar-refractivity contribution in [2.75, 3.05) is 0 Å². The van der Waals surface area contributed by atoms with Crippen molar-refractivity contribution < 1.29 is 0 Å². The summed E-state index contributed by atoms with van der Waals surface area (Å²) in [6.07, 6.45) is 10.6. The Morgan fingerprint density at radius 2 is 2.46 bits per heavy atom. The summed E-state index contributed by atoms with van der Waals surface area (Å²) in [7, 11) is 0. The highest BCUT2D eigenvalue weighted by molar-refractivity contribution is 5.29. The molecule has 1 rings (SSSR count). The zero-order valence-electron chi connectivity index (χ0n) is 8.29. The Morgan fingerprint density at radius 1 is 1.69 bits per heavy atom. The first-order valence-corrected chi connectivity index (χ1v) is 5.00. The van der Waals surface area contributed by atoms with Crippen molar-refractivity contribution in [3.8, 4) is 6.07 Å². The molecular weight excluding hydrogens is 158 g/mol. The van der Waals surface area contributed by atoms with Gasteiger partial charge in [-0.3, -0.25) is 0 Å². The first kappa shape index (κ1) is 10.1. The van der Waals surface area contributed by atoms with Gasteiger partial charge in [-0.05, 0) is 12.8 Å². The molecule has 2 atom stereocenters. The maximum atomic E-state index is 8.97. The van der Waals surface area contributed by atoms with Gasteiger partial charge in [0.25, 0.3) is 0 Å². The van der Waals surface area contributed by atoms with Crippen LogP contribution in [0.15, 0.2) is 24.8 Å². The van der Waals surface area contributed by atoms with Gasteiger partial charge in [0.2, 0.25) is 0 Å². The normalized spacial score (nSPS) is 31.5. The Labute approximate surface area is 80.8 Å². The highest BCUT2D eigenvalue weighted by Gasteiger charge is 2.50. The van der Waals surface area contributed by atoms with Crippen molar-refractivity contribution in [1.29, 1.82) is 5.26 Å². The first-order chi connectivity index (χ1) is 6.29. The minimum atomic E-state index is -0.185. The number of hydrogen-bond acceptors (Lipinski definition) is 1. The molecule has 0 aromatic carbocycles. The van der Waals surface area contributed by atoms with Crippen LogP contribution in [-0.4, -0.2) is 0 Å². The van der Waals surface area contributed by atoms with Crippen molar-refractivity contribution in [1.82, 2.24) is 0 Å². The van der Waals surface area contributed by atoms with Crippen molar-refractivity contribution in [2.24, 2.45) is 11.3 Å². The number of allylic oxidation sites excluding steroid dienone is 3. The summed E-state index contributed by atoms with van der Waals surface area (Å²) in [6, 6.07) is 2.37. The van der Waals surface area contributed by atoms with E-state index in [2.05, 4.69) is 31.7 Å².